The van der Waals surface area contributed by atoms with E-state index in [1.54, 1.807) is 0 Å². The van der Waals surface area contributed by atoms with Gasteiger partial charge in [0.2, 0.25) is 0 Å². The molecule has 0 aromatic rings. The zero-order chi connectivity index (χ0) is 58.5. The first-order chi connectivity index (χ1) is 40.0. The van der Waals surface area contributed by atoms with Gasteiger partial charge in [-0.2, -0.15) is 0 Å². The first-order valence-corrected chi connectivity index (χ1v) is 35.1. The van der Waals surface area contributed by atoms with E-state index >= 15 is 0 Å². The van der Waals surface area contributed by atoms with E-state index in [2.05, 4.69) is 106 Å². The number of hydrogen-bond donors (Lipinski definition) is 0. The highest BCUT2D eigenvalue weighted by Crippen LogP contribution is 2.17. The molecule has 0 rings (SSSR count). The van der Waals surface area contributed by atoms with Crippen molar-refractivity contribution in [1.82, 2.24) is 0 Å². The Morgan fingerprint density at radius 2 is 0.481 bits per heavy atom. The van der Waals surface area contributed by atoms with E-state index in [1.165, 1.54) is 212 Å². The predicted molar refractivity (Wildman–Crippen MR) is 353 cm³/mol. The fraction of sp³-hybridized carbons (Fsp3) is 0.773. The van der Waals surface area contributed by atoms with Gasteiger partial charge in [-0.05, 0) is 96.3 Å². The van der Waals surface area contributed by atoms with Gasteiger partial charge in [-0.15, -0.1) is 0 Å². The largest absolute Gasteiger partial charge is 0.462 e. The molecular weight excluding hydrogens is 997 g/mol. The monoisotopic (exact) mass is 1130 g/mol. The number of ether oxygens (including phenoxy) is 3. The SMILES string of the molecule is CC/C=C\C/C=C\C/C=C\C/C=C\C/C=C\C/C=C\CCCCCCCCCCCCCCCCC(=O)OCC(COC(=O)CCCCCCCCCCCCCCCCC)OC(=O)CCCCCCC/C=C\CCCCCCCC. The van der Waals surface area contributed by atoms with Gasteiger partial charge in [0, 0.05) is 19.3 Å². The summed E-state index contributed by atoms with van der Waals surface area (Å²) >= 11 is 0. The molecule has 6 heteroatoms. The van der Waals surface area contributed by atoms with Gasteiger partial charge in [0.05, 0.1) is 0 Å². The lowest BCUT2D eigenvalue weighted by Crippen LogP contribution is -2.30. The van der Waals surface area contributed by atoms with Gasteiger partial charge in [0.25, 0.3) is 0 Å². The maximum atomic E-state index is 12.9. The normalized spacial score (nSPS) is 12.6. The Bertz CT molecular complexity index is 1530. The molecule has 0 amide bonds. The first-order valence-electron chi connectivity index (χ1n) is 35.1. The lowest BCUT2D eigenvalue weighted by atomic mass is 10.0. The topological polar surface area (TPSA) is 78.9 Å². The standard InChI is InChI=1S/C75H132O6/c1-4-7-10-13-16-19-22-25-28-29-30-31-32-33-34-35-36-37-38-39-40-41-42-43-44-45-48-50-53-56-59-62-65-68-74(77)80-71-72(81-75(78)69-66-63-60-57-54-51-47-27-24-21-18-15-12-9-6-3)70-79-73(76)67-64-61-58-55-52-49-46-26-23-20-17-14-11-8-5-2/h7,10,16,19,25,27-28,30-31,33-34,36-37,47,72H,4-6,8-9,11-15,17-18,20-24,26,29,32,35,38-46,48-71H2,1-3H3/b10-7-,19-16-,28-25-,31-30-,34-33-,37-36-,47-27-. The van der Waals surface area contributed by atoms with E-state index in [-0.39, 0.29) is 31.1 Å². The maximum absolute atomic E-state index is 12.9. The highest BCUT2D eigenvalue weighted by atomic mass is 16.6. The van der Waals surface area contributed by atoms with Crippen LogP contribution in [0.1, 0.15) is 355 Å². The highest BCUT2D eigenvalue weighted by Gasteiger charge is 2.19. The van der Waals surface area contributed by atoms with Crippen molar-refractivity contribution < 1.29 is 28.6 Å². The molecule has 0 aromatic heterocycles. The molecule has 81 heavy (non-hydrogen) atoms. The Kier molecular flexibility index (Phi) is 66.2. The van der Waals surface area contributed by atoms with Crippen LogP contribution in [0.4, 0.5) is 0 Å². The highest BCUT2D eigenvalue weighted by molar-refractivity contribution is 5.71. The molecule has 0 saturated heterocycles. The molecule has 0 bridgehead atoms. The second kappa shape index (κ2) is 69.1. The molecule has 1 unspecified atom stereocenters. The number of carbonyl (C=O) groups excluding carboxylic acids is 3. The average Bonchev–Trinajstić information content (AvgIpc) is 3.47. The summed E-state index contributed by atoms with van der Waals surface area (Å²) in [5.74, 6) is -0.863. The molecule has 0 fully saturated rings. The van der Waals surface area contributed by atoms with Gasteiger partial charge >= 0.3 is 17.9 Å². The maximum Gasteiger partial charge on any atom is 0.306 e. The smallest absolute Gasteiger partial charge is 0.306 e. The quantitative estimate of drug-likeness (QED) is 0.0261. The number of esters is 3. The van der Waals surface area contributed by atoms with Crippen LogP contribution in [0.5, 0.6) is 0 Å². The Morgan fingerprint density at radius 1 is 0.259 bits per heavy atom. The van der Waals surface area contributed by atoms with Crippen molar-refractivity contribution in [3.05, 3.63) is 85.1 Å². The van der Waals surface area contributed by atoms with E-state index in [0.717, 1.165) is 103 Å². The molecule has 0 aliphatic carbocycles. The molecule has 0 aromatic carbocycles. The van der Waals surface area contributed by atoms with Crippen LogP contribution in [0, 0.1) is 0 Å². The van der Waals surface area contributed by atoms with Crippen LogP contribution in [0.3, 0.4) is 0 Å². The summed E-state index contributed by atoms with van der Waals surface area (Å²) in [4.78, 5) is 38.4. The number of hydrogen-bond acceptors (Lipinski definition) is 6. The molecule has 6 nitrogen and oxygen atoms in total. The number of unbranched alkanes of at least 4 members (excludes halogenated alkanes) is 39. The molecule has 1 atom stereocenters. The van der Waals surface area contributed by atoms with Gasteiger partial charge in [0.1, 0.15) is 13.2 Å². The molecule has 0 N–H and O–H groups in total. The number of carbonyl (C=O) groups is 3. The number of allylic oxidation sites excluding steroid dienone is 14. The summed E-state index contributed by atoms with van der Waals surface area (Å²) in [7, 11) is 0. The second-order valence-corrected chi connectivity index (χ2v) is 23.4. The summed E-state index contributed by atoms with van der Waals surface area (Å²) in [5, 5.41) is 0. The average molecular weight is 1130 g/mol. The van der Waals surface area contributed by atoms with Gasteiger partial charge in [-0.3, -0.25) is 14.4 Å². The van der Waals surface area contributed by atoms with Crippen LogP contribution in [0.15, 0.2) is 85.1 Å². The van der Waals surface area contributed by atoms with Crippen molar-refractivity contribution >= 4 is 17.9 Å². The molecule has 0 saturated carbocycles. The molecular formula is C75H132O6. The fourth-order valence-electron chi connectivity index (χ4n) is 10.2. The van der Waals surface area contributed by atoms with Crippen molar-refractivity contribution in [2.24, 2.45) is 0 Å². The van der Waals surface area contributed by atoms with Crippen molar-refractivity contribution in [2.75, 3.05) is 13.2 Å². The van der Waals surface area contributed by atoms with Gasteiger partial charge in [-0.1, -0.05) is 324 Å². The third-order valence-electron chi connectivity index (χ3n) is 15.4. The summed E-state index contributed by atoms with van der Waals surface area (Å²) in [5.41, 5.74) is 0. The molecule has 0 aliphatic rings. The van der Waals surface area contributed by atoms with Gasteiger partial charge in [0.15, 0.2) is 6.10 Å². The third-order valence-corrected chi connectivity index (χ3v) is 15.4. The van der Waals surface area contributed by atoms with Crippen LogP contribution in [0.25, 0.3) is 0 Å². The minimum absolute atomic E-state index is 0.0741. The van der Waals surface area contributed by atoms with Gasteiger partial charge in [-0.25, -0.2) is 0 Å². The summed E-state index contributed by atoms with van der Waals surface area (Å²) in [6, 6.07) is 0. The fourth-order valence-corrected chi connectivity index (χ4v) is 10.2. The zero-order valence-corrected chi connectivity index (χ0v) is 53.8. The minimum Gasteiger partial charge on any atom is -0.462 e. The van der Waals surface area contributed by atoms with E-state index in [0.29, 0.717) is 19.3 Å². The summed E-state index contributed by atoms with van der Waals surface area (Å²) in [6.07, 6.45) is 91.8. The van der Waals surface area contributed by atoms with E-state index in [4.69, 9.17) is 14.2 Å². The lowest BCUT2D eigenvalue weighted by Gasteiger charge is -2.18. The molecule has 0 radical (unpaired) electrons. The van der Waals surface area contributed by atoms with Crippen LogP contribution < -0.4 is 0 Å². The van der Waals surface area contributed by atoms with Crippen LogP contribution in [0.2, 0.25) is 0 Å². The Labute approximate surface area is 503 Å². The number of rotatable bonds is 64. The van der Waals surface area contributed by atoms with Crippen molar-refractivity contribution in [3.8, 4) is 0 Å². The molecule has 0 heterocycles. The van der Waals surface area contributed by atoms with Crippen molar-refractivity contribution in [3.63, 3.8) is 0 Å². The first kappa shape index (κ1) is 77.6. The predicted octanol–water partition coefficient (Wildman–Crippen LogP) is 24.2. The second-order valence-electron chi connectivity index (χ2n) is 23.4. The third kappa shape index (κ3) is 67.3. The van der Waals surface area contributed by atoms with Crippen molar-refractivity contribution in [2.45, 2.75) is 361 Å². The Hall–Kier alpha value is -3.41. The van der Waals surface area contributed by atoms with Crippen LogP contribution in [-0.4, -0.2) is 37.2 Å². The van der Waals surface area contributed by atoms with Gasteiger partial charge < -0.3 is 14.2 Å². The molecule has 468 valence electrons. The molecule has 0 aliphatic heterocycles. The zero-order valence-electron chi connectivity index (χ0n) is 53.8. The minimum atomic E-state index is -0.779. The molecule has 0 spiro atoms. The van der Waals surface area contributed by atoms with E-state index in [1.807, 2.05) is 0 Å². The van der Waals surface area contributed by atoms with E-state index < -0.39 is 6.10 Å². The van der Waals surface area contributed by atoms with Crippen molar-refractivity contribution in [1.29, 1.82) is 0 Å². The Balaban J connectivity index is 4.19. The summed E-state index contributed by atoms with van der Waals surface area (Å²) < 4.78 is 17.0. The van der Waals surface area contributed by atoms with Crippen LogP contribution >= 0.6 is 0 Å². The lowest BCUT2D eigenvalue weighted by molar-refractivity contribution is -0.167. The van der Waals surface area contributed by atoms with Crippen LogP contribution in [-0.2, 0) is 28.6 Å². The Morgan fingerprint density at radius 3 is 0.765 bits per heavy atom. The van der Waals surface area contributed by atoms with E-state index in [9.17, 15) is 14.4 Å². The summed E-state index contributed by atoms with van der Waals surface area (Å²) in [6.45, 7) is 6.56.